The van der Waals surface area contributed by atoms with Crippen molar-refractivity contribution >= 4 is 11.6 Å². The summed E-state index contributed by atoms with van der Waals surface area (Å²) in [4.78, 5) is 3.92. The molecule has 0 aliphatic carbocycles. The van der Waals surface area contributed by atoms with Gasteiger partial charge in [0.05, 0.1) is 17.4 Å². The highest BCUT2D eigenvalue weighted by molar-refractivity contribution is 6.27. The standard InChI is InChI=1S/C11H7ClN4O/c12-11-14-10(15-17-11)8-6-13-16(7-8)9-4-2-1-3-5-9/h1-7H. The molecule has 17 heavy (non-hydrogen) atoms. The Morgan fingerprint density at radius 2 is 2.00 bits per heavy atom. The highest BCUT2D eigenvalue weighted by Crippen LogP contribution is 2.18. The summed E-state index contributed by atoms with van der Waals surface area (Å²) in [6.45, 7) is 0. The van der Waals surface area contributed by atoms with E-state index >= 15 is 0 Å². The summed E-state index contributed by atoms with van der Waals surface area (Å²) in [6.07, 6.45) is 3.48. The second-order valence-electron chi connectivity index (χ2n) is 3.38. The third-order valence-electron chi connectivity index (χ3n) is 2.26. The molecular formula is C11H7ClN4O. The highest BCUT2D eigenvalue weighted by atomic mass is 35.5. The van der Waals surface area contributed by atoms with E-state index in [-0.39, 0.29) is 5.35 Å². The maximum absolute atomic E-state index is 5.57. The Bertz CT molecular complexity index is 632. The van der Waals surface area contributed by atoms with Gasteiger partial charge in [0.2, 0.25) is 5.82 Å². The molecule has 0 spiro atoms. The summed E-state index contributed by atoms with van der Waals surface area (Å²) < 4.78 is 6.44. The molecule has 0 N–H and O–H groups in total. The highest BCUT2D eigenvalue weighted by Gasteiger charge is 2.09. The molecule has 0 saturated heterocycles. The topological polar surface area (TPSA) is 56.7 Å². The Hall–Kier alpha value is -2.14. The first kappa shape index (κ1) is 10.0. The van der Waals surface area contributed by atoms with Crippen LogP contribution in [-0.2, 0) is 0 Å². The fourth-order valence-corrected chi connectivity index (χ4v) is 1.60. The minimum atomic E-state index is 0.0208. The minimum absolute atomic E-state index is 0.0208. The minimum Gasteiger partial charge on any atom is -0.321 e. The number of aromatic nitrogens is 4. The Kier molecular flexibility index (Phi) is 2.38. The van der Waals surface area contributed by atoms with Gasteiger partial charge < -0.3 is 4.52 Å². The summed E-state index contributed by atoms with van der Waals surface area (Å²) in [7, 11) is 0. The number of para-hydroxylation sites is 1. The summed E-state index contributed by atoms with van der Waals surface area (Å²) >= 11 is 5.57. The largest absolute Gasteiger partial charge is 0.321 e. The van der Waals surface area contributed by atoms with E-state index in [2.05, 4.69) is 15.2 Å². The fourth-order valence-electron chi connectivity index (χ4n) is 1.48. The monoisotopic (exact) mass is 246 g/mol. The molecule has 2 heterocycles. The van der Waals surface area contributed by atoms with Gasteiger partial charge in [-0.25, -0.2) is 4.68 Å². The van der Waals surface area contributed by atoms with E-state index < -0.39 is 0 Å². The second-order valence-corrected chi connectivity index (χ2v) is 3.70. The zero-order valence-corrected chi connectivity index (χ0v) is 9.37. The summed E-state index contributed by atoms with van der Waals surface area (Å²) in [5, 5.41) is 7.97. The number of halogens is 1. The molecule has 0 radical (unpaired) electrons. The summed E-state index contributed by atoms with van der Waals surface area (Å²) in [5.41, 5.74) is 1.72. The average molecular weight is 247 g/mol. The van der Waals surface area contributed by atoms with Gasteiger partial charge in [-0.3, -0.25) is 0 Å². The number of benzene rings is 1. The lowest BCUT2D eigenvalue weighted by atomic mass is 10.3. The van der Waals surface area contributed by atoms with Gasteiger partial charge in [-0.05, 0) is 23.7 Å². The molecule has 0 unspecified atom stereocenters. The van der Waals surface area contributed by atoms with E-state index in [0.29, 0.717) is 5.82 Å². The zero-order valence-electron chi connectivity index (χ0n) is 8.62. The quantitative estimate of drug-likeness (QED) is 0.697. The van der Waals surface area contributed by atoms with Crippen LogP contribution < -0.4 is 0 Å². The smallest absolute Gasteiger partial charge is 0.320 e. The first-order valence-electron chi connectivity index (χ1n) is 4.92. The Labute approximate surface area is 102 Å². The van der Waals surface area contributed by atoms with Gasteiger partial charge in [0.25, 0.3) is 0 Å². The van der Waals surface area contributed by atoms with Crippen LogP contribution in [0.5, 0.6) is 0 Å². The van der Waals surface area contributed by atoms with Gasteiger partial charge in [0, 0.05) is 6.20 Å². The lowest BCUT2D eigenvalue weighted by Gasteiger charge is -1.98. The molecule has 0 saturated carbocycles. The van der Waals surface area contributed by atoms with Crippen LogP contribution in [0.15, 0.2) is 47.2 Å². The van der Waals surface area contributed by atoms with Crippen molar-refractivity contribution < 1.29 is 4.52 Å². The van der Waals surface area contributed by atoms with Crippen molar-refractivity contribution in [3.8, 4) is 17.1 Å². The number of nitrogens with zero attached hydrogens (tertiary/aromatic N) is 4. The lowest BCUT2D eigenvalue weighted by molar-refractivity contribution is 0.421. The average Bonchev–Trinajstić information content (AvgIpc) is 2.98. The van der Waals surface area contributed by atoms with Crippen molar-refractivity contribution in [2.45, 2.75) is 0 Å². The maximum atomic E-state index is 5.57. The van der Waals surface area contributed by atoms with Crippen molar-refractivity contribution in [3.63, 3.8) is 0 Å². The Morgan fingerprint density at radius 1 is 1.18 bits per heavy atom. The van der Waals surface area contributed by atoms with Crippen LogP contribution >= 0.6 is 11.6 Å². The predicted molar refractivity (Wildman–Crippen MR) is 61.9 cm³/mol. The van der Waals surface area contributed by atoms with E-state index in [1.807, 2.05) is 36.5 Å². The maximum Gasteiger partial charge on any atom is 0.320 e. The van der Waals surface area contributed by atoms with Crippen molar-refractivity contribution in [1.82, 2.24) is 19.9 Å². The SMILES string of the molecule is Clc1nc(-c2cnn(-c3ccccc3)c2)no1. The van der Waals surface area contributed by atoms with E-state index in [4.69, 9.17) is 16.1 Å². The van der Waals surface area contributed by atoms with Gasteiger partial charge in [0.1, 0.15) is 0 Å². The van der Waals surface area contributed by atoms with Crippen LogP contribution in [0.3, 0.4) is 0 Å². The molecule has 5 nitrogen and oxygen atoms in total. The van der Waals surface area contributed by atoms with E-state index in [1.165, 1.54) is 0 Å². The Morgan fingerprint density at radius 3 is 2.71 bits per heavy atom. The summed E-state index contributed by atoms with van der Waals surface area (Å²) in [5.74, 6) is 0.428. The number of hydrogen-bond donors (Lipinski definition) is 0. The lowest BCUT2D eigenvalue weighted by Crippen LogP contribution is -1.92. The van der Waals surface area contributed by atoms with Crippen LogP contribution in [0, 0.1) is 0 Å². The first-order valence-corrected chi connectivity index (χ1v) is 5.30. The molecule has 3 aromatic rings. The second kappa shape index (κ2) is 4.03. The molecule has 0 aliphatic rings. The van der Waals surface area contributed by atoms with Crippen LogP contribution in [-0.4, -0.2) is 19.9 Å². The molecule has 0 fully saturated rings. The van der Waals surface area contributed by atoms with Gasteiger partial charge in [-0.15, -0.1) is 0 Å². The summed E-state index contributed by atoms with van der Waals surface area (Å²) in [6, 6.07) is 9.76. The first-order chi connectivity index (χ1) is 8.33. The van der Waals surface area contributed by atoms with E-state index in [0.717, 1.165) is 11.3 Å². The van der Waals surface area contributed by atoms with Crippen molar-refractivity contribution in [1.29, 1.82) is 0 Å². The molecule has 0 aliphatic heterocycles. The Balaban J connectivity index is 1.99. The molecule has 1 aromatic carbocycles. The molecule has 2 aromatic heterocycles. The molecule has 6 heteroatoms. The molecule has 0 atom stereocenters. The van der Waals surface area contributed by atoms with Gasteiger partial charge in [0.15, 0.2) is 0 Å². The van der Waals surface area contributed by atoms with Crippen molar-refractivity contribution in [2.24, 2.45) is 0 Å². The molecule has 3 rings (SSSR count). The number of rotatable bonds is 2. The van der Waals surface area contributed by atoms with E-state index in [1.54, 1.807) is 10.9 Å². The van der Waals surface area contributed by atoms with Gasteiger partial charge >= 0.3 is 5.35 Å². The van der Waals surface area contributed by atoms with Gasteiger partial charge in [-0.1, -0.05) is 23.4 Å². The van der Waals surface area contributed by atoms with E-state index in [9.17, 15) is 0 Å². The fraction of sp³-hybridized carbons (Fsp3) is 0. The molecule has 84 valence electrons. The van der Waals surface area contributed by atoms with Crippen LogP contribution in [0.1, 0.15) is 0 Å². The van der Waals surface area contributed by atoms with Crippen molar-refractivity contribution in [2.75, 3.05) is 0 Å². The third-order valence-corrected chi connectivity index (χ3v) is 2.42. The van der Waals surface area contributed by atoms with Crippen LogP contribution in [0.4, 0.5) is 0 Å². The third kappa shape index (κ3) is 1.92. The van der Waals surface area contributed by atoms with Crippen molar-refractivity contribution in [3.05, 3.63) is 48.1 Å². The van der Waals surface area contributed by atoms with Crippen LogP contribution in [0.2, 0.25) is 5.35 Å². The molecule has 0 amide bonds. The number of hydrogen-bond acceptors (Lipinski definition) is 4. The zero-order chi connectivity index (χ0) is 11.7. The van der Waals surface area contributed by atoms with Gasteiger partial charge in [-0.2, -0.15) is 10.1 Å². The predicted octanol–water partition coefficient (Wildman–Crippen LogP) is 2.58. The molecular weight excluding hydrogens is 240 g/mol. The normalized spacial score (nSPS) is 10.6. The molecule has 0 bridgehead atoms. The van der Waals surface area contributed by atoms with Crippen LogP contribution in [0.25, 0.3) is 17.1 Å².